The molecule has 1 amide bonds. The first-order valence-electron chi connectivity index (χ1n) is 6.59. The number of methoxy groups -OCH3 is 1. The number of carbonyl (C=O) groups is 1. The van der Waals surface area contributed by atoms with Gasteiger partial charge in [-0.25, -0.2) is 8.42 Å². The lowest BCUT2D eigenvalue weighted by Gasteiger charge is -2.25. The molecule has 0 aromatic heterocycles. The summed E-state index contributed by atoms with van der Waals surface area (Å²) in [6, 6.07) is 6.64. The van der Waals surface area contributed by atoms with E-state index in [1.807, 2.05) is 0 Å². The van der Waals surface area contributed by atoms with Crippen molar-refractivity contribution < 1.29 is 17.9 Å². The quantitative estimate of drug-likeness (QED) is 0.786. The molecule has 7 heteroatoms. The van der Waals surface area contributed by atoms with E-state index in [1.54, 1.807) is 38.4 Å². The van der Waals surface area contributed by atoms with Crippen molar-refractivity contribution >= 4 is 27.3 Å². The third-order valence-electron chi connectivity index (χ3n) is 3.73. The van der Waals surface area contributed by atoms with Crippen molar-refractivity contribution in [3.05, 3.63) is 29.8 Å². The van der Waals surface area contributed by atoms with Crippen molar-refractivity contribution in [1.82, 2.24) is 4.90 Å². The first-order valence-corrected chi connectivity index (χ1v) is 8.85. The second kappa shape index (κ2) is 6.23. The minimum atomic E-state index is -3.03. The zero-order valence-electron chi connectivity index (χ0n) is 12.0. The summed E-state index contributed by atoms with van der Waals surface area (Å²) < 4.78 is 28.0. The summed E-state index contributed by atoms with van der Waals surface area (Å²) in [4.78, 5) is 13.8. The van der Waals surface area contributed by atoms with E-state index >= 15 is 0 Å². The standard InChI is InChI=1S/C14H18ClNO4S/c1-16(11-7-8-21(18,19)9-11)14(17)13(15)10-3-5-12(20-2)6-4-10/h3-6,11,13H,7-9H2,1-2H3. The van der Waals surface area contributed by atoms with Crippen LogP contribution in [0, 0.1) is 0 Å². The van der Waals surface area contributed by atoms with Crippen LogP contribution < -0.4 is 4.74 Å². The molecule has 1 heterocycles. The minimum Gasteiger partial charge on any atom is -0.497 e. The molecule has 0 saturated carbocycles. The van der Waals surface area contributed by atoms with Crippen LogP contribution in [0.25, 0.3) is 0 Å². The summed E-state index contributed by atoms with van der Waals surface area (Å²) in [7, 11) is 0.139. The predicted molar refractivity (Wildman–Crippen MR) is 81.4 cm³/mol. The van der Waals surface area contributed by atoms with Crippen LogP contribution in [0.2, 0.25) is 0 Å². The fourth-order valence-corrected chi connectivity index (χ4v) is 4.43. The first-order chi connectivity index (χ1) is 9.84. The number of hydrogen-bond donors (Lipinski definition) is 0. The lowest BCUT2D eigenvalue weighted by Crippen LogP contribution is -2.39. The van der Waals surface area contributed by atoms with Crippen molar-refractivity contribution in [1.29, 1.82) is 0 Å². The maximum Gasteiger partial charge on any atom is 0.245 e. The van der Waals surface area contributed by atoms with Crippen molar-refractivity contribution in [2.45, 2.75) is 17.8 Å². The van der Waals surface area contributed by atoms with E-state index in [0.717, 1.165) is 0 Å². The van der Waals surface area contributed by atoms with Gasteiger partial charge in [-0.2, -0.15) is 0 Å². The third-order valence-corrected chi connectivity index (χ3v) is 5.92. The van der Waals surface area contributed by atoms with Crippen molar-refractivity contribution in [3.8, 4) is 5.75 Å². The number of benzene rings is 1. The predicted octanol–water partition coefficient (Wildman–Crippen LogP) is 1.62. The second-order valence-corrected chi connectivity index (χ2v) is 7.81. The number of likely N-dealkylation sites (N-methyl/N-ethyl adjacent to an activating group) is 1. The maximum absolute atomic E-state index is 12.4. The number of halogens is 1. The van der Waals surface area contributed by atoms with Crippen LogP contribution in [0.5, 0.6) is 5.75 Å². The van der Waals surface area contributed by atoms with Gasteiger partial charge in [0.2, 0.25) is 5.91 Å². The number of rotatable bonds is 4. The second-order valence-electron chi connectivity index (χ2n) is 5.14. The van der Waals surface area contributed by atoms with Crippen LogP contribution in [0.3, 0.4) is 0 Å². The highest BCUT2D eigenvalue weighted by atomic mass is 35.5. The van der Waals surface area contributed by atoms with E-state index in [4.69, 9.17) is 16.3 Å². The maximum atomic E-state index is 12.4. The fraction of sp³-hybridized carbons (Fsp3) is 0.500. The number of sulfone groups is 1. The van der Waals surface area contributed by atoms with Crippen LogP contribution >= 0.6 is 11.6 Å². The van der Waals surface area contributed by atoms with Crippen LogP contribution in [0.4, 0.5) is 0 Å². The molecule has 116 valence electrons. The Balaban J connectivity index is 2.07. The molecule has 2 rings (SSSR count). The lowest BCUT2D eigenvalue weighted by atomic mass is 10.1. The van der Waals surface area contributed by atoms with Gasteiger partial charge in [-0.15, -0.1) is 11.6 Å². The summed E-state index contributed by atoms with van der Waals surface area (Å²) in [5.74, 6) is 0.543. The van der Waals surface area contributed by atoms with Crippen LogP contribution in [0.1, 0.15) is 17.4 Å². The molecule has 0 spiro atoms. The number of nitrogens with zero attached hydrogens (tertiary/aromatic N) is 1. The normalized spacial score (nSPS) is 21.8. The summed E-state index contributed by atoms with van der Waals surface area (Å²) in [5.41, 5.74) is 0.662. The molecule has 0 bridgehead atoms. The Morgan fingerprint density at radius 1 is 1.38 bits per heavy atom. The molecule has 1 saturated heterocycles. The highest BCUT2D eigenvalue weighted by Gasteiger charge is 2.34. The van der Waals surface area contributed by atoms with Crippen LogP contribution in [-0.4, -0.2) is 50.9 Å². The van der Waals surface area contributed by atoms with Gasteiger partial charge < -0.3 is 9.64 Å². The summed E-state index contributed by atoms with van der Waals surface area (Å²) in [5, 5.41) is -0.829. The Morgan fingerprint density at radius 2 is 2.00 bits per heavy atom. The number of hydrogen-bond acceptors (Lipinski definition) is 4. The molecule has 0 aliphatic carbocycles. The van der Waals surface area contributed by atoms with E-state index < -0.39 is 15.2 Å². The number of carbonyl (C=O) groups excluding carboxylic acids is 1. The van der Waals surface area contributed by atoms with E-state index in [0.29, 0.717) is 17.7 Å². The average molecular weight is 332 g/mol. The summed E-state index contributed by atoms with van der Waals surface area (Å²) in [6.45, 7) is 0. The highest BCUT2D eigenvalue weighted by Crippen LogP contribution is 2.27. The largest absolute Gasteiger partial charge is 0.497 e. The summed E-state index contributed by atoms with van der Waals surface area (Å²) in [6.07, 6.45) is 0.469. The Labute approximate surface area is 129 Å². The molecule has 2 unspecified atom stereocenters. The Bertz CT molecular complexity index is 614. The summed E-state index contributed by atoms with van der Waals surface area (Å²) >= 11 is 6.22. The molecule has 21 heavy (non-hydrogen) atoms. The molecule has 0 radical (unpaired) electrons. The molecule has 0 N–H and O–H groups in total. The molecule has 1 aliphatic heterocycles. The molecule has 2 atom stereocenters. The fourth-order valence-electron chi connectivity index (χ4n) is 2.36. The van der Waals surface area contributed by atoms with Crippen molar-refractivity contribution in [3.63, 3.8) is 0 Å². The number of alkyl halides is 1. The van der Waals surface area contributed by atoms with Gasteiger partial charge in [0.25, 0.3) is 0 Å². The smallest absolute Gasteiger partial charge is 0.245 e. The average Bonchev–Trinajstić information content (AvgIpc) is 2.85. The zero-order valence-corrected chi connectivity index (χ0v) is 13.5. The van der Waals surface area contributed by atoms with E-state index in [2.05, 4.69) is 0 Å². The number of amides is 1. The van der Waals surface area contributed by atoms with E-state index in [1.165, 1.54) is 4.90 Å². The lowest BCUT2D eigenvalue weighted by molar-refractivity contribution is -0.131. The first kappa shape index (κ1) is 16.1. The molecule has 1 aromatic carbocycles. The Kier molecular flexibility index (Phi) is 4.78. The molecule has 5 nitrogen and oxygen atoms in total. The van der Waals surface area contributed by atoms with Crippen LogP contribution in [-0.2, 0) is 14.6 Å². The number of ether oxygens (including phenoxy) is 1. The molecule has 1 aliphatic rings. The van der Waals surface area contributed by atoms with Gasteiger partial charge in [0.05, 0.1) is 18.6 Å². The molecular weight excluding hydrogens is 314 g/mol. The van der Waals surface area contributed by atoms with Crippen LogP contribution in [0.15, 0.2) is 24.3 Å². The zero-order chi connectivity index (χ0) is 15.6. The van der Waals surface area contributed by atoms with Crippen molar-refractivity contribution in [2.24, 2.45) is 0 Å². The Hall–Kier alpha value is -1.27. The van der Waals surface area contributed by atoms with Gasteiger partial charge in [-0.1, -0.05) is 12.1 Å². The van der Waals surface area contributed by atoms with Gasteiger partial charge in [-0.3, -0.25) is 4.79 Å². The Morgan fingerprint density at radius 3 is 2.48 bits per heavy atom. The minimum absolute atomic E-state index is 0.0153. The van der Waals surface area contributed by atoms with Gasteiger partial charge in [0, 0.05) is 13.1 Å². The van der Waals surface area contributed by atoms with Gasteiger partial charge in [0.15, 0.2) is 9.84 Å². The highest BCUT2D eigenvalue weighted by molar-refractivity contribution is 7.91. The third kappa shape index (κ3) is 3.68. The monoisotopic (exact) mass is 331 g/mol. The molecule has 1 aromatic rings. The van der Waals surface area contributed by atoms with E-state index in [-0.39, 0.29) is 23.5 Å². The molecular formula is C14H18ClNO4S. The molecule has 1 fully saturated rings. The van der Waals surface area contributed by atoms with Crippen molar-refractivity contribution in [2.75, 3.05) is 25.7 Å². The SMILES string of the molecule is COc1ccc(C(Cl)C(=O)N(C)C2CCS(=O)(=O)C2)cc1. The van der Waals surface area contributed by atoms with Gasteiger partial charge in [-0.05, 0) is 24.1 Å². The van der Waals surface area contributed by atoms with E-state index in [9.17, 15) is 13.2 Å². The van der Waals surface area contributed by atoms with Gasteiger partial charge >= 0.3 is 0 Å². The topological polar surface area (TPSA) is 63.7 Å². The van der Waals surface area contributed by atoms with Gasteiger partial charge in [0.1, 0.15) is 11.1 Å².